The molecule has 0 heterocycles. The molecule has 0 unspecified atom stereocenters. The Hall–Kier alpha value is -1.78. The Bertz CT molecular complexity index is 382. The van der Waals surface area contributed by atoms with Crippen LogP contribution in [0.25, 0.3) is 5.76 Å². The molecular weight excluding hydrogens is 209 g/mol. The van der Waals surface area contributed by atoms with Crippen LogP contribution in [0.4, 0.5) is 13.2 Å². The molecule has 15 heavy (non-hydrogen) atoms. The number of alkyl halides is 2. The number of aliphatic hydroxyl groups excluding tert-OH is 1. The first-order valence-electron chi connectivity index (χ1n) is 3.99. The van der Waals surface area contributed by atoms with Gasteiger partial charge < -0.3 is 5.11 Å². The fourth-order valence-corrected chi connectivity index (χ4v) is 0.902. The molecule has 0 aliphatic carbocycles. The smallest absolute Gasteiger partial charge is 0.300 e. The van der Waals surface area contributed by atoms with E-state index in [9.17, 15) is 23.1 Å². The minimum Gasteiger partial charge on any atom is -0.507 e. The van der Waals surface area contributed by atoms with Gasteiger partial charge in [-0.2, -0.15) is 0 Å². The Balaban J connectivity index is 2.89. The van der Waals surface area contributed by atoms with Gasteiger partial charge in [0.05, 0.1) is 0 Å². The van der Waals surface area contributed by atoms with E-state index in [1.54, 1.807) is 0 Å². The maximum atomic E-state index is 12.5. The van der Waals surface area contributed by atoms with Crippen molar-refractivity contribution in [3.8, 4) is 0 Å². The quantitative estimate of drug-likeness (QED) is 0.622. The van der Waals surface area contributed by atoms with Crippen LogP contribution in [0.5, 0.6) is 0 Å². The Labute approximate surface area is 83.7 Å². The maximum absolute atomic E-state index is 12.5. The molecule has 0 fully saturated rings. The molecule has 1 N–H and O–H groups in total. The van der Waals surface area contributed by atoms with E-state index in [0.29, 0.717) is 6.08 Å². The van der Waals surface area contributed by atoms with Crippen molar-refractivity contribution in [3.05, 3.63) is 41.7 Å². The highest BCUT2D eigenvalue weighted by atomic mass is 19.3. The first-order valence-corrected chi connectivity index (χ1v) is 3.99. The Morgan fingerprint density at radius 1 is 1.27 bits per heavy atom. The second kappa shape index (κ2) is 4.63. The number of carbonyl (C=O) groups excluding carboxylic acids is 1. The average molecular weight is 216 g/mol. The number of aliphatic hydroxyl groups is 1. The summed E-state index contributed by atoms with van der Waals surface area (Å²) in [5.74, 6) is -2.62. The molecular formula is C10H7F3O2. The largest absolute Gasteiger partial charge is 0.507 e. The van der Waals surface area contributed by atoms with E-state index in [-0.39, 0.29) is 5.56 Å². The molecule has 0 bridgehead atoms. The van der Waals surface area contributed by atoms with Gasteiger partial charge in [0.2, 0.25) is 5.78 Å². The summed E-state index contributed by atoms with van der Waals surface area (Å²) in [5.41, 5.74) is 0.102. The second-order valence-corrected chi connectivity index (χ2v) is 2.74. The van der Waals surface area contributed by atoms with Crippen LogP contribution >= 0.6 is 0 Å². The summed E-state index contributed by atoms with van der Waals surface area (Å²) in [4.78, 5) is 10.5. The minimum atomic E-state index is -3.16. The number of carbonyl (C=O) groups is 1. The standard InChI is InChI=1S/C10H7F3O2/c11-7-3-1-6(2-4-7)8(14)5-9(15)10(12)13/h1-5,10,14H. The van der Waals surface area contributed by atoms with Crippen molar-refractivity contribution < 1.29 is 23.1 Å². The molecule has 0 spiro atoms. The topological polar surface area (TPSA) is 37.3 Å². The Kier molecular flexibility index (Phi) is 3.49. The summed E-state index contributed by atoms with van der Waals surface area (Å²) in [6, 6.07) is 4.46. The van der Waals surface area contributed by atoms with Crippen molar-refractivity contribution in [2.24, 2.45) is 0 Å². The molecule has 0 saturated heterocycles. The highest BCUT2D eigenvalue weighted by molar-refractivity contribution is 5.97. The van der Waals surface area contributed by atoms with Gasteiger partial charge in [-0.15, -0.1) is 0 Å². The van der Waals surface area contributed by atoms with E-state index < -0.39 is 23.8 Å². The van der Waals surface area contributed by atoms with Crippen molar-refractivity contribution in [2.45, 2.75) is 6.43 Å². The van der Waals surface area contributed by atoms with Gasteiger partial charge in [0.15, 0.2) is 0 Å². The van der Waals surface area contributed by atoms with Gasteiger partial charge in [-0.1, -0.05) is 0 Å². The van der Waals surface area contributed by atoms with Gasteiger partial charge in [0, 0.05) is 11.6 Å². The van der Waals surface area contributed by atoms with Crippen LogP contribution in [-0.4, -0.2) is 17.3 Å². The summed E-state index contributed by atoms with van der Waals surface area (Å²) in [6.07, 6.45) is -2.75. The molecule has 2 nitrogen and oxygen atoms in total. The predicted octanol–water partition coefficient (Wildman–Crippen LogP) is 2.56. The molecule has 0 radical (unpaired) electrons. The van der Waals surface area contributed by atoms with Crippen LogP contribution in [0.1, 0.15) is 5.56 Å². The van der Waals surface area contributed by atoms with Gasteiger partial charge in [0.25, 0.3) is 6.43 Å². The lowest BCUT2D eigenvalue weighted by Crippen LogP contribution is -2.06. The first kappa shape index (κ1) is 11.3. The van der Waals surface area contributed by atoms with Crippen LogP contribution in [0.2, 0.25) is 0 Å². The molecule has 1 aromatic carbocycles. The van der Waals surface area contributed by atoms with Crippen LogP contribution in [0.3, 0.4) is 0 Å². The Morgan fingerprint density at radius 3 is 2.27 bits per heavy atom. The molecule has 0 aliphatic heterocycles. The molecule has 0 aliphatic rings. The molecule has 80 valence electrons. The monoisotopic (exact) mass is 216 g/mol. The number of halogens is 3. The van der Waals surface area contributed by atoms with Crippen molar-refractivity contribution >= 4 is 11.5 Å². The number of allylic oxidation sites excluding steroid dienone is 1. The van der Waals surface area contributed by atoms with Crippen molar-refractivity contribution in [1.82, 2.24) is 0 Å². The van der Waals surface area contributed by atoms with E-state index in [1.807, 2.05) is 0 Å². The van der Waals surface area contributed by atoms with Gasteiger partial charge in [-0.05, 0) is 24.3 Å². The van der Waals surface area contributed by atoms with Crippen molar-refractivity contribution in [1.29, 1.82) is 0 Å². The van der Waals surface area contributed by atoms with E-state index in [4.69, 9.17) is 0 Å². The molecule has 0 aromatic heterocycles. The normalized spacial score (nSPS) is 11.9. The zero-order valence-electron chi connectivity index (χ0n) is 7.45. The summed E-state index contributed by atoms with van der Waals surface area (Å²) in [6.45, 7) is 0. The molecule has 1 rings (SSSR count). The molecule has 5 heteroatoms. The van der Waals surface area contributed by atoms with Crippen molar-refractivity contribution in [2.75, 3.05) is 0 Å². The predicted molar refractivity (Wildman–Crippen MR) is 48.0 cm³/mol. The summed E-state index contributed by atoms with van der Waals surface area (Å²) >= 11 is 0. The van der Waals surface area contributed by atoms with Crippen LogP contribution in [0, 0.1) is 5.82 Å². The van der Waals surface area contributed by atoms with E-state index in [2.05, 4.69) is 0 Å². The molecule has 0 atom stereocenters. The number of rotatable bonds is 3. The molecule has 0 amide bonds. The summed E-state index contributed by atoms with van der Waals surface area (Å²) in [7, 11) is 0. The van der Waals surface area contributed by atoms with Crippen LogP contribution in [-0.2, 0) is 4.79 Å². The lowest BCUT2D eigenvalue weighted by molar-refractivity contribution is -0.124. The molecule has 1 aromatic rings. The zero-order valence-corrected chi connectivity index (χ0v) is 7.45. The number of ketones is 1. The van der Waals surface area contributed by atoms with E-state index in [1.165, 1.54) is 12.1 Å². The summed E-state index contributed by atoms with van der Waals surface area (Å²) in [5, 5.41) is 9.22. The van der Waals surface area contributed by atoms with E-state index in [0.717, 1.165) is 12.1 Å². The van der Waals surface area contributed by atoms with Gasteiger partial charge in [-0.3, -0.25) is 4.79 Å². The van der Waals surface area contributed by atoms with Crippen molar-refractivity contribution in [3.63, 3.8) is 0 Å². The second-order valence-electron chi connectivity index (χ2n) is 2.74. The van der Waals surface area contributed by atoms with Gasteiger partial charge in [0.1, 0.15) is 11.6 Å². The van der Waals surface area contributed by atoms with E-state index >= 15 is 0 Å². The number of benzene rings is 1. The van der Waals surface area contributed by atoms with Gasteiger partial charge >= 0.3 is 0 Å². The SMILES string of the molecule is O=C(C=C(O)c1ccc(F)cc1)C(F)F. The third-order valence-electron chi connectivity index (χ3n) is 1.63. The fraction of sp³-hybridized carbons (Fsp3) is 0.100. The average Bonchev–Trinajstić information content (AvgIpc) is 2.18. The third kappa shape index (κ3) is 3.12. The minimum absolute atomic E-state index is 0.102. The Morgan fingerprint density at radius 2 is 1.80 bits per heavy atom. The number of hydrogen-bond donors (Lipinski definition) is 1. The third-order valence-corrected chi connectivity index (χ3v) is 1.63. The lowest BCUT2D eigenvalue weighted by atomic mass is 10.1. The fourth-order valence-electron chi connectivity index (χ4n) is 0.902. The zero-order chi connectivity index (χ0) is 11.4. The van der Waals surface area contributed by atoms with Crippen LogP contribution in [0.15, 0.2) is 30.3 Å². The highest BCUT2D eigenvalue weighted by Crippen LogP contribution is 2.12. The van der Waals surface area contributed by atoms with Gasteiger partial charge in [-0.25, -0.2) is 13.2 Å². The highest BCUT2D eigenvalue weighted by Gasteiger charge is 2.13. The number of hydrogen-bond acceptors (Lipinski definition) is 2. The first-order chi connectivity index (χ1) is 7.00. The maximum Gasteiger partial charge on any atom is 0.300 e. The summed E-state index contributed by atoms with van der Waals surface area (Å²) < 4.78 is 36.1. The lowest BCUT2D eigenvalue weighted by Gasteiger charge is -1.99. The van der Waals surface area contributed by atoms with Crippen LogP contribution < -0.4 is 0 Å². The molecule has 0 saturated carbocycles.